The first-order valence-corrected chi connectivity index (χ1v) is 17.1. The molecule has 0 unspecified atom stereocenters. The molecule has 0 amide bonds. The maximum absolute atomic E-state index is 6.58. The van der Waals surface area contributed by atoms with Crippen LogP contribution in [0, 0.1) is 12.1 Å². The molecule has 0 N–H and O–H groups in total. The smallest absolute Gasteiger partial charge is 0.156 e. The van der Waals surface area contributed by atoms with Crippen molar-refractivity contribution in [1.29, 1.82) is 0 Å². The molecule has 0 aliphatic heterocycles. The van der Waals surface area contributed by atoms with Gasteiger partial charge >= 0.3 is 0 Å². The Labute approximate surface area is 320 Å². The Morgan fingerprint density at radius 1 is 0.528 bits per heavy atom. The second-order valence-corrected chi connectivity index (χ2v) is 12.3. The van der Waals surface area contributed by atoms with E-state index in [-0.39, 0.29) is 20.1 Å². The molecule has 6 aromatic carbocycles. The summed E-state index contributed by atoms with van der Waals surface area (Å²) in [6, 6.07) is 65.6. The molecule has 0 bridgehead atoms. The molecule has 4 aromatic heterocycles. The van der Waals surface area contributed by atoms with Crippen LogP contribution < -0.4 is 0 Å². The maximum Gasteiger partial charge on any atom is 0.156 e. The number of fused-ring (bicyclic) bond motifs is 4. The Balaban J connectivity index is 0.000000262. The number of imidazole rings is 1. The Morgan fingerprint density at radius 2 is 1.26 bits per heavy atom. The predicted octanol–water partition coefficient (Wildman–Crippen LogP) is 11.7. The zero-order valence-electron chi connectivity index (χ0n) is 28.4. The molecule has 5 nitrogen and oxygen atoms in total. The van der Waals surface area contributed by atoms with Gasteiger partial charge in [-0.25, -0.2) is 4.98 Å². The quantitative estimate of drug-likeness (QED) is 0.162. The first kappa shape index (κ1) is 33.7. The molecule has 10 aromatic rings. The van der Waals surface area contributed by atoms with Gasteiger partial charge in [-0.15, -0.1) is 54.1 Å². The van der Waals surface area contributed by atoms with Gasteiger partial charge < -0.3 is 14.0 Å². The summed E-state index contributed by atoms with van der Waals surface area (Å²) in [6.45, 7) is 0. The number of pyridine rings is 2. The second kappa shape index (κ2) is 15.0. The Bertz CT molecular complexity index is 2730. The fourth-order valence-corrected chi connectivity index (χ4v) is 6.51. The minimum absolute atomic E-state index is 0. The van der Waals surface area contributed by atoms with Gasteiger partial charge in [0, 0.05) is 42.9 Å². The molecule has 0 atom stereocenters. The van der Waals surface area contributed by atoms with Crippen LogP contribution in [0.4, 0.5) is 0 Å². The average Bonchev–Trinajstić information content (AvgIpc) is 3.81. The molecule has 0 saturated heterocycles. The Kier molecular flexibility index (Phi) is 9.55. The molecule has 1 radical (unpaired) electrons. The molecule has 6 heteroatoms. The summed E-state index contributed by atoms with van der Waals surface area (Å²) in [7, 11) is 0. The molecule has 0 aliphatic rings. The van der Waals surface area contributed by atoms with E-state index in [9.17, 15) is 0 Å². The first-order valence-electron chi connectivity index (χ1n) is 17.1. The van der Waals surface area contributed by atoms with Crippen molar-refractivity contribution in [1.82, 2.24) is 19.5 Å². The Morgan fingerprint density at radius 3 is 2.00 bits per heavy atom. The van der Waals surface area contributed by atoms with E-state index in [1.54, 1.807) is 6.20 Å². The summed E-state index contributed by atoms with van der Waals surface area (Å²) in [5.74, 6) is 0.742. The van der Waals surface area contributed by atoms with Crippen LogP contribution in [0.25, 0.3) is 83.8 Å². The average molecular weight is 859 g/mol. The van der Waals surface area contributed by atoms with Gasteiger partial charge in [-0.1, -0.05) is 114 Å². The van der Waals surface area contributed by atoms with E-state index in [1.165, 1.54) is 0 Å². The minimum Gasteiger partial charge on any atom is -0.501 e. The molecule has 10 rings (SSSR count). The molecule has 0 saturated carbocycles. The van der Waals surface area contributed by atoms with Crippen molar-refractivity contribution in [3.05, 3.63) is 194 Å². The van der Waals surface area contributed by atoms with Crippen molar-refractivity contribution in [3.8, 4) is 50.7 Å². The summed E-state index contributed by atoms with van der Waals surface area (Å²) in [4.78, 5) is 14.4. The number of para-hydroxylation sites is 1. The molecule has 0 aliphatic carbocycles. The number of hydrogen-bond donors (Lipinski definition) is 0. The van der Waals surface area contributed by atoms with Gasteiger partial charge in [0.2, 0.25) is 0 Å². The second-order valence-electron chi connectivity index (χ2n) is 12.3. The number of rotatable bonds is 5. The summed E-state index contributed by atoms with van der Waals surface area (Å²) < 4.78 is 8.68. The molecule has 0 fully saturated rings. The van der Waals surface area contributed by atoms with Crippen molar-refractivity contribution in [2.75, 3.05) is 0 Å². The number of furan rings is 1. The van der Waals surface area contributed by atoms with Crippen LogP contribution >= 0.6 is 0 Å². The fourth-order valence-electron chi connectivity index (χ4n) is 6.51. The summed E-state index contributed by atoms with van der Waals surface area (Å²) in [5.41, 5.74) is 11.2. The molecular weight excluding hydrogens is 829 g/mol. The normalized spacial score (nSPS) is 10.9. The van der Waals surface area contributed by atoms with Crippen LogP contribution in [0.1, 0.15) is 0 Å². The fraction of sp³-hybridized carbons (Fsp3) is 0. The zero-order chi connectivity index (χ0) is 34.7. The van der Waals surface area contributed by atoms with Gasteiger partial charge in [0.05, 0.1) is 22.6 Å². The molecule has 0 spiro atoms. The van der Waals surface area contributed by atoms with E-state index >= 15 is 0 Å². The number of benzene rings is 6. The van der Waals surface area contributed by atoms with E-state index in [1.807, 2.05) is 103 Å². The van der Waals surface area contributed by atoms with E-state index in [0.29, 0.717) is 0 Å². The van der Waals surface area contributed by atoms with E-state index in [0.717, 1.165) is 83.8 Å². The van der Waals surface area contributed by atoms with Gasteiger partial charge in [-0.05, 0) is 53.2 Å². The van der Waals surface area contributed by atoms with Gasteiger partial charge in [0.15, 0.2) is 5.65 Å². The monoisotopic (exact) mass is 859 g/mol. The van der Waals surface area contributed by atoms with Gasteiger partial charge in [-0.2, -0.15) is 0 Å². The van der Waals surface area contributed by atoms with Gasteiger partial charge in [-0.3, -0.25) is 4.98 Å². The van der Waals surface area contributed by atoms with E-state index < -0.39 is 0 Å². The third-order valence-corrected chi connectivity index (χ3v) is 9.00. The van der Waals surface area contributed by atoms with Crippen molar-refractivity contribution < 1.29 is 24.5 Å². The molecule has 53 heavy (non-hydrogen) atoms. The van der Waals surface area contributed by atoms with Crippen LogP contribution in [0.3, 0.4) is 0 Å². The summed E-state index contributed by atoms with van der Waals surface area (Å²) in [6.07, 6.45) is 1.79. The molecular formula is C47H30IrN4O-2. The van der Waals surface area contributed by atoms with Crippen LogP contribution in [-0.4, -0.2) is 19.5 Å². The zero-order valence-corrected chi connectivity index (χ0v) is 30.7. The van der Waals surface area contributed by atoms with Crippen molar-refractivity contribution in [3.63, 3.8) is 0 Å². The van der Waals surface area contributed by atoms with Crippen LogP contribution in [0.2, 0.25) is 0 Å². The predicted molar refractivity (Wildman–Crippen MR) is 210 cm³/mol. The van der Waals surface area contributed by atoms with E-state index in [2.05, 4.69) is 94.5 Å². The number of aromatic nitrogens is 4. The van der Waals surface area contributed by atoms with Gasteiger partial charge in [0.1, 0.15) is 5.58 Å². The number of nitrogens with zero attached hydrogens (tertiary/aromatic N) is 4. The van der Waals surface area contributed by atoms with Crippen molar-refractivity contribution in [2.45, 2.75) is 0 Å². The first-order chi connectivity index (χ1) is 25.8. The van der Waals surface area contributed by atoms with Crippen LogP contribution in [0.5, 0.6) is 0 Å². The van der Waals surface area contributed by atoms with Crippen LogP contribution in [-0.2, 0) is 20.1 Å². The molecule has 255 valence electrons. The van der Waals surface area contributed by atoms with E-state index in [4.69, 9.17) is 14.4 Å². The topological polar surface area (TPSA) is 56.7 Å². The largest absolute Gasteiger partial charge is 0.501 e. The minimum atomic E-state index is 0. The standard InChI is InChI=1S/C36H22N3O.C11H8N.Ir/c1-4-11-24(12-5-1)26-19-20-28-29-17-10-18-30(34(29)40-33(28)23-26)35-38-32-22-21-31(25-13-6-2-7-14-25)37-36(32)39(35)27-15-8-3-9-16-27;1-2-6-10(7-3-1)11-8-4-5-9-12-11;/h1-17,19-23H;1-6,8-9H;/q2*-1;. The SMILES string of the molecule is [Ir].[c-]1ccc2c(oc3cc(-c4ccccc4)ccc32)c1-c1nc2ccc(-c3ccccc3)nc2n1-c1ccccc1.[c-]1ccccc1-c1ccccn1. The third kappa shape index (κ3) is 6.70. The number of hydrogen-bond acceptors (Lipinski definition) is 4. The molecule has 4 heterocycles. The van der Waals surface area contributed by atoms with Crippen LogP contribution in [0.15, 0.2) is 187 Å². The van der Waals surface area contributed by atoms with Gasteiger partial charge in [0.25, 0.3) is 0 Å². The Hall–Kier alpha value is -6.46. The maximum atomic E-state index is 6.58. The summed E-state index contributed by atoms with van der Waals surface area (Å²) >= 11 is 0. The van der Waals surface area contributed by atoms with Crippen molar-refractivity contribution in [2.24, 2.45) is 0 Å². The van der Waals surface area contributed by atoms with Crippen molar-refractivity contribution >= 4 is 33.1 Å². The third-order valence-electron chi connectivity index (χ3n) is 9.00. The summed E-state index contributed by atoms with van der Waals surface area (Å²) in [5, 5.41) is 2.10.